The lowest BCUT2D eigenvalue weighted by molar-refractivity contribution is 0.416. The predicted octanol–water partition coefficient (Wildman–Crippen LogP) is 3.43. The highest BCUT2D eigenvalue weighted by molar-refractivity contribution is 7.13. The molecule has 0 radical (unpaired) electrons. The first-order valence-electron chi connectivity index (χ1n) is 8.36. The summed E-state index contributed by atoms with van der Waals surface area (Å²) in [5, 5.41) is 0.869. The van der Waals surface area contributed by atoms with Gasteiger partial charge in [0.2, 0.25) is 0 Å². The molecule has 0 saturated heterocycles. The van der Waals surface area contributed by atoms with Crippen LogP contribution in [-0.4, -0.2) is 21.0 Å². The Bertz CT molecular complexity index is 1250. The molecule has 4 rings (SSSR count). The lowest BCUT2D eigenvalue weighted by Gasteiger charge is -2.09. The number of aromatic nitrogens is 3. The van der Waals surface area contributed by atoms with E-state index in [1.807, 2.05) is 37.3 Å². The molecule has 0 aliphatic carbocycles. The number of ether oxygens (including phenoxy) is 1. The highest BCUT2D eigenvalue weighted by atomic mass is 32.1. The maximum atomic E-state index is 12.3. The standard InChI is InChI=1S/C20H17N3O3S/c1-11-4-6-16(26-3)14(8-11)19-15-10-13(5-7-17(15)27-22-19)23-18(24)9-12(2)21-20(23)25/h4-10H,1-3H3,(H,21,25). The zero-order valence-corrected chi connectivity index (χ0v) is 15.9. The molecule has 0 atom stereocenters. The van der Waals surface area contributed by atoms with Gasteiger partial charge >= 0.3 is 5.69 Å². The van der Waals surface area contributed by atoms with E-state index >= 15 is 0 Å². The maximum absolute atomic E-state index is 12.3. The molecule has 0 saturated carbocycles. The summed E-state index contributed by atoms with van der Waals surface area (Å²) in [4.78, 5) is 27.3. The predicted molar refractivity (Wildman–Crippen MR) is 107 cm³/mol. The molecule has 2 heterocycles. The zero-order valence-electron chi connectivity index (χ0n) is 15.1. The van der Waals surface area contributed by atoms with E-state index in [-0.39, 0.29) is 5.56 Å². The van der Waals surface area contributed by atoms with E-state index in [1.54, 1.807) is 20.1 Å². The molecule has 4 aromatic rings. The number of methoxy groups -OCH3 is 1. The number of benzene rings is 2. The number of hydrogen-bond acceptors (Lipinski definition) is 5. The molecule has 0 bridgehead atoms. The van der Waals surface area contributed by atoms with Crippen LogP contribution < -0.4 is 16.0 Å². The number of hydrogen-bond donors (Lipinski definition) is 1. The summed E-state index contributed by atoms with van der Waals surface area (Å²) < 4.78 is 12.2. The first-order valence-corrected chi connectivity index (χ1v) is 9.13. The summed E-state index contributed by atoms with van der Waals surface area (Å²) in [6, 6.07) is 12.8. The summed E-state index contributed by atoms with van der Waals surface area (Å²) in [7, 11) is 1.62. The zero-order chi connectivity index (χ0) is 19.1. The molecule has 136 valence electrons. The van der Waals surface area contributed by atoms with Gasteiger partial charge in [0.15, 0.2) is 0 Å². The van der Waals surface area contributed by atoms with Gasteiger partial charge in [-0.25, -0.2) is 9.36 Å². The van der Waals surface area contributed by atoms with Gasteiger partial charge in [-0.1, -0.05) is 11.6 Å². The van der Waals surface area contributed by atoms with E-state index in [0.29, 0.717) is 11.4 Å². The minimum atomic E-state index is -0.461. The summed E-state index contributed by atoms with van der Waals surface area (Å²) in [5.41, 5.74) is 2.95. The molecule has 0 spiro atoms. The third-order valence-electron chi connectivity index (χ3n) is 4.39. The number of rotatable bonds is 3. The molecule has 1 N–H and O–H groups in total. The fourth-order valence-electron chi connectivity index (χ4n) is 3.12. The first kappa shape index (κ1) is 17.2. The first-order chi connectivity index (χ1) is 13.0. The van der Waals surface area contributed by atoms with Gasteiger partial charge < -0.3 is 9.72 Å². The van der Waals surface area contributed by atoms with Crippen molar-refractivity contribution in [3.05, 3.63) is 74.6 Å². The van der Waals surface area contributed by atoms with Gasteiger partial charge in [-0.2, -0.15) is 4.37 Å². The number of nitrogens with zero attached hydrogens (tertiary/aromatic N) is 2. The van der Waals surface area contributed by atoms with Gasteiger partial charge in [0.25, 0.3) is 5.56 Å². The Morgan fingerprint density at radius 1 is 1.07 bits per heavy atom. The Balaban J connectivity index is 1.98. The van der Waals surface area contributed by atoms with Crippen molar-refractivity contribution in [3.63, 3.8) is 0 Å². The highest BCUT2D eigenvalue weighted by Crippen LogP contribution is 2.37. The molecular weight excluding hydrogens is 362 g/mol. The second-order valence-corrected chi connectivity index (χ2v) is 7.15. The highest BCUT2D eigenvalue weighted by Gasteiger charge is 2.15. The van der Waals surface area contributed by atoms with Gasteiger partial charge in [0.05, 0.1) is 23.2 Å². The molecule has 0 unspecified atom stereocenters. The quantitative estimate of drug-likeness (QED) is 0.592. The van der Waals surface area contributed by atoms with Crippen molar-refractivity contribution in [2.45, 2.75) is 13.8 Å². The molecule has 0 aliphatic heterocycles. The maximum Gasteiger partial charge on any atom is 0.333 e. The molecule has 7 heteroatoms. The van der Waals surface area contributed by atoms with Crippen LogP contribution >= 0.6 is 11.5 Å². The van der Waals surface area contributed by atoms with E-state index in [2.05, 4.69) is 9.36 Å². The molecule has 2 aromatic heterocycles. The van der Waals surface area contributed by atoms with E-state index in [9.17, 15) is 9.59 Å². The molecule has 0 aliphatic rings. The minimum Gasteiger partial charge on any atom is -0.496 e. The van der Waals surface area contributed by atoms with Gasteiger partial charge in [-0.15, -0.1) is 0 Å². The van der Waals surface area contributed by atoms with Crippen LogP contribution in [0.5, 0.6) is 5.75 Å². The van der Waals surface area contributed by atoms with Crippen molar-refractivity contribution in [2.24, 2.45) is 0 Å². The van der Waals surface area contributed by atoms with E-state index < -0.39 is 5.69 Å². The van der Waals surface area contributed by atoms with Crippen LogP contribution in [0.4, 0.5) is 0 Å². The Morgan fingerprint density at radius 3 is 2.63 bits per heavy atom. The van der Waals surface area contributed by atoms with E-state index in [4.69, 9.17) is 4.74 Å². The Labute approximate surface area is 158 Å². The fourth-order valence-corrected chi connectivity index (χ4v) is 3.89. The lowest BCUT2D eigenvalue weighted by Crippen LogP contribution is -2.33. The average molecular weight is 379 g/mol. The summed E-state index contributed by atoms with van der Waals surface area (Å²) >= 11 is 1.37. The van der Waals surface area contributed by atoms with Crippen LogP contribution in [-0.2, 0) is 0 Å². The number of H-pyrrole nitrogens is 1. The van der Waals surface area contributed by atoms with Gasteiger partial charge in [0, 0.05) is 22.7 Å². The van der Waals surface area contributed by atoms with Crippen LogP contribution in [0.25, 0.3) is 27.0 Å². The molecular formula is C20H17N3O3S. The van der Waals surface area contributed by atoms with Gasteiger partial charge in [-0.05, 0) is 55.7 Å². The van der Waals surface area contributed by atoms with Crippen molar-refractivity contribution in [1.29, 1.82) is 0 Å². The summed E-state index contributed by atoms with van der Waals surface area (Å²) in [6.45, 7) is 3.69. The van der Waals surface area contributed by atoms with Crippen molar-refractivity contribution in [1.82, 2.24) is 13.9 Å². The topological polar surface area (TPSA) is 77.0 Å². The third-order valence-corrected chi connectivity index (χ3v) is 5.22. The van der Waals surface area contributed by atoms with E-state index in [0.717, 1.165) is 37.2 Å². The second kappa shape index (κ2) is 6.51. The molecule has 0 fully saturated rings. The Kier molecular flexibility index (Phi) is 4.16. The molecule has 0 amide bonds. The monoisotopic (exact) mass is 379 g/mol. The smallest absolute Gasteiger partial charge is 0.333 e. The normalized spacial score (nSPS) is 11.1. The van der Waals surface area contributed by atoms with Crippen molar-refractivity contribution in [3.8, 4) is 22.7 Å². The van der Waals surface area contributed by atoms with Crippen molar-refractivity contribution >= 4 is 21.6 Å². The summed E-state index contributed by atoms with van der Waals surface area (Å²) in [6.07, 6.45) is 0. The van der Waals surface area contributed by atoms with Gasteiger partial charge in [-0.3, -0.25) is 4.79 Å². The molecule has 27 heavy (non-hydrogen) atoms. The Morgan fingerprint density at radius 2 is 1.89 bits per heavy atom. The largest absolute Gasteiger partial charge is 0.496 e. The van der Waals surface area contributed by atoms with Crippen molar-refractivity contribution < 1.29 is 4.74 Å². The number of nitrogens with one attached hydrogen (secondary N) is 1. The van der Waals surface area contributed by atoms with Crippen molar-refractivity contribution in [2.75, 3.05) is 7.11 Å². The minimum absolute atomic E-state index is 0.367. The Hall–Kier alpha value is -3.19. The van der Waals surface area contributed by atoms with Crippen LogP contribution in [0.3, 0.4) is 0 Å². The lowest BCUT2D eigenvalue weighted by atomic mass is 10.0. The average Bonchev–Trinajstić information content (AvgIpc) is 3.04. The third kappa shape index (κ3) is 2.96. The SMILES string of the molecule is COc1ccc(C)cc1-c1nsc2ccc(-n3c(=O)cc(C)[nH]c3=O)cc12. The summed E-state index contributed by atoms with van der Waals surface area (Å²) in [5.74, 6) is 0.726. The van der Waals surface area contributed by atoms with E-state index in [1.165, 1.54) is 17.6 Å². The number of aromatic amines is 1. The van der Waals surface area contributed by atoms with Gasteiger partial charge in [0.1, 0.15) is 5.75 Å². The number of aryl methyl sites for hydroxylation is 2. The molecule has 6 nitrogen and oxygen atoms in total. The van der Waals surface area contributed by atoms with Crippen LogP contribution in [0.2, 0.25) is 0 Å². The number of fused-ring (bicyclic) bond motifs is 1. The van der Waals surface area contributed by atoms with Crippen LogP contribution in [0.15, 0.2) is 52.1 Å². The van der Waals surface area contributed by atoms with Crippen LogP contribution in [0, 0.1) is 13.8 Å². The fraction of sp³-hybridized carbons (Fsp3) is 0.150. The molecule has 2 aromatic carbocycles. The van der Waals surface area contributed by atoms with Crippen LogP contribution in [0.1, 0.15) is 11.3 Å². The second-order valence-electron chi connectivity index (χ2n) is 6.35.